The Labute approximate surface area is 98.2 Å². The number of carbonyl (C=O) groups is 1. The number of furan rings is 2. The van der Waals surface area contributed by atoms with Gasteiger partial charge in [-0.15, -0.1) is 0 Å². The van der Waals surface area contributed by atoms with Crippen molar-refractivity contribution in [1.82, 2.24) is 0 Å². The number of aryl methyl sites for hydroxylation is 1. The van der Waals surface area contributed by atoms with E-state index in [4.69, 9.17) is 8.83 Å². The Morgan fingerprint density at radius 2 is 2.06 bits per heavy atom. The number of carboxylic acids is 1. The minimum absolute atomic E-state index is 0.0697. The fourth-order valence-electron chi connectivity index (χ4n) is 1.50. The zero-order valence-electron chi connectivity index (χ0n) is 9.52. The van der Waals surface area contributed by atoms with Gasteiger partial charge in [0, 0.05) is 11.1 Å². The van der Waals surface area contributed by atoms with Gasteiger partial charge in [0.15, 0.2) is 0 Å². The zero-order valence-corrected chi connectivity index (χ0v) is 9.52. The molecule has 2 rings (SSSR count). The Kier molecular flexibility index (Phi) is 2.87. The third-order valence-corrected chi connectivity index (χ3v) is 2.46. The van der Waals surface area contributed by atoms with E-state index in [1.807, 2.05) is 19.1 Å². The first-order valence-electron chi connectivity index (χ1n) is 5.12. The van der Waals surface area contributed by atoms with Crippen molar-refractivity contribution in [2.75, 3.05) is 0 Å². The average molecular weight is 231 g/mol. The van der Waals surface area contributed by atoms with Crippen molar-refractivity contribution >= 4 is 18.1 Å². The molecule has 0 unspecified atom stereocenters. The first kappa shape index (κ1) is 11.3. The highest BCUT2D eigenvalue weighted by Crippen LogP contribution is 2.19. The van der Waals surface area contributed by atoms with Gasteiger partial charge in [0.2, 0.25) is 0 Å². The van der Waals surface area contributed by atoms with E-state index in [1.54, 1.807) is 19.1 Å². The van der Waals surface area contributed by atoms with E-state index in [-0.39, 0.29) is 5.56 Å². The monoisotopic (exact) mass is 231 g/mol. The summed E-state index contributed by atoms with van der Waals surface area (Å²) in [6.07, 6.45) is 4.57. The van der Waals surface area contributed by atoms with Crippen LogP contribution in [0, 0.1) is 13.8 Å². The van der Waals surface area contributed by atoms with Crippen LogP contribution in [-0.2, 0) is 0 Å². The molecule has 0 N–H and O–H groups in total. The molecule has 2 heterocycles. The lowest BCUT2D eigenvalue weighted by Gasteiger charge is -1.97. The van der Waals surface area contributed by atoms with Crippen LogP contribution in [0.2, 0.25) is 0 Å². The van der Waals surface area contributed by atoms with Crippen molar-refractivity contribution in [3.05, 3.63) is 46.8 Å². The van der Waals surface area contributed by atoms with E-state index in [0.29, 0.717) is 17.1 Å². The van der Waals surface area contributed by atoms with E-state index < -0.39 is 5.97 Å². The molecule has 0 spiro atoms. The van der Waals surface area contributed by atoms with Gasteiger partial charge in [-0.3, -0.25) is 0 Å². The second-order valence-electron chi connectivity index (χ2n) is 3.71. The predicted molar refractivity (Wildman–Crippen MR) is 60.1 cm³/mol. The lowest BCUT2D eigenvalue weighted by atomic mass is 10.1. The molecule has 0 fully saturated rings. The molecule has 4 nitrogen and oxygen atoms in total. The lowest BCUT2D eigenvalue weighted by molar-refractivity contribution is -0.255. The molecule has 88 valence electrons. The van der Waals surface area contributed by atoms with E-state index in [2.05, 4.69) is 0 Å². The summed E-state index contributed by atoms with van der Waals surface area (Å²) < 4.78 is 10.5. The molecule has 17 heavy (non-hydrogen) atoms. The Morgan fingerprint density at radius 3 is 2.59 bits per heavy atom. The molecule has 0 saturated carbocycles. The van der Waals surface area contributed by atoms with Crippen LogP contribution in [0.5, 0.6) is 0 Å². The molecule has 4 heteroatoms. The van der Waals surface area contributed by atoms with E-state index in [0.717, 1.165) is 5.76 Å². The van der Waals surface area contributed by atoms with Gasteiger partial charge in [-0.25, -0.2) is 0 Å². The normalized spacial score (nSPS) is 11.2. The average Bonchev–Trinajstić information content (AvgIpc) is 2.82. The lowest BCUT2D eigenvalue weighted by Crippen LogP contribution is -2.22. The van der Waals surface area contributed by atoms with E-state index in [1.165, 1.54) is 6.26 Å². The van der Waals surface area contributed by atoms with Crippen LogP contribution in [0.25, 0.3) is 12.2 Å². The summed E-state index contributed by atoms with van der Waals surface area (Å²) in [5.74, 6) is 0.752. The van der Waals surface area contributed by atoms with Gasteiger partial charge in [-0.1, -0.05) is 0 Å². The maximum absolute atomic E-state index is 10.7. The van der Waals surface area contributed by atoms with Crippen LogP contribution in [0.15, 0.2) is 27.2 Å². The highest BCUT2D eigenvalue weighted by atomic mass is 16.4. The summed E-state index contributed by atoms with van der Waals surface area (Å²) in [5.41, 5.74) is 0.616. The summed E-state index contributed by atoms with van der Waals surface area (Å²) >= 11 is 0. The van der Waals surface area contributed by atoms with Gasteiger partial charge in [0.25, 0.3) is 0 Å². The van der Waals surface area contributed by atoms with Crippen LogP contribution in [0.4, 0.5) is 0 Å². The zero-order chi connectivity index (χ0) is 12.4. The summed E-state index contributed by atoms with van der Waals surface area (Å²) in [5, 5.41) is 10.7. The Bertz CT molecular complexity index is 572. The molecule has 0 aromatic carbocycles. The van der Waals surface area contributed by atoms with E-state index >= 15 is 0 Å². The largest absolute Gasteiger partial charge is 0.545 e. The molecule has 2 aromatic heterocycles. The van der Waals surface area contributed by atoms with Crippen molar-refractivity contribution in [1.29, 1.82) is 0 Å². The fourth-order valence-corrected chi connectivity index (χ4v) is 1.50. The number of carbonyl (C=O) groups excluding carboxylic acids is 1. The molecule has 0 aliphatic rings. The molecule has 0 aliphatic heterocycles. The standard InChI is InChI=1S/C13H12O4/c1-8-3-4-10(17-8)5-6-12-9(2)11(7-16-12)13(14)15/h3-7H,1-2H3,(H,14,15)/p-1/b6-5+. The number of hydrogen-bond acceptors (Lipinski definition) is 4. The van der Waals surface area contributed by atoms with E-state index in [9.17, 15) is 9.90 Å². The molecule has 0 atom stereocenters. The second kappa shape index (κ2) is 4.33. The SMILES string of the molecule is Cc1ccc(/C=C/c2occ(C(=O)[O-])c2C)o1. The quantitative estimate of drug-likeness (QED) is 0.810. The van der Waals surface area contributed by atoms with Gasteiger partial charge in [0.1, 0.15) is 23.5 Å². The maximum Gasteiger partial charge on any atom is 0.130 e. The number of carboxylic acid groups (broad SMARTS) is 1. The smallest absolute Gasteiger partial charge is 0.130 e. The summed E-state index contributed by atoms with van der Waals surface area (Å²) in [4.78, 5) is 10.7. The second-order valence-corrected chi connectivity index (χ2v) is 3.71. The topological polar surface area (TPSA) is 66.4 Å². The van der Waals surface area contributed by atoms with Crippen molar-refractivity contribution in [3.63, 3.8) is 0 Å². The van der Waals surface area contributed by atoms with Crippen molar-refractivity contribution in [2.45, 2.75) is 13.8 Å². The molecule has 0 radical (unpaired) electrons. The third kappa shape index (κ3) is 2.30. The molecule has 0 saturated heterocycles. The Hall–Kier alpha value is -2.23. The third-order valence-electron chi connectivity index (χ3n) is 2.46. The molecule has 0 amide bonds. The molecule has 2 aromatic rings. The first-order chi connectivity index (χ1) is 8.08. The Morgan fingerprint density at radius 1 is 1.29 bits per heavy atom. The highest BCUT2D eigenvalue weighted by Gasteiger charge is 2.07. The van der Waals surface area contributed by atoms with Gasteiger partial charge in [-0.2, -0.15) is 0 Å². The van der Waals surface area contributed by atoms with Crippen LogP contribution in [-0.4, -0.2) is 5.97 Å². The number of hydrogen-bond donors (Lipinski definition) is 0. The van der Waals surface area contributed by atoms with Crippen molar-refractivity contribution in [2.24, 2.45) is 0 Å². The van der Waals surface area contributed by atoms with Gasteiger partial charge < -0.3 is 18.7 Å². The summed E-state index contributed by atoms with van der Waals surface area (Å²) in [7, 11) is 0. The molecule has 0 aliphatic carbocycles. The fraction of sp³-hybridized carbons (Fsp3) is 0.154. The van der Waals surface area contributed by atoms with Crippen LogP contribution in [0.3, 0.4) is 0 Å². The molecular weight excluding hydrogens is 220 g/mol. The van der Waals surface area contributed by atoms with Crippen LogP contribution in [0.1, 0.15) is 33.2 Å². The minimum Gasteiger partial charge on any atom is -0.545 e. The maximum atomic E-state index is 10.7. The molecule has 0 bridgehead atoms. The van der Waals surface area contributed by atoms with Crippen molar-refractivity contribution < 1.29 is 18.7 Å². The minimum atomic E-state index is -1.24. The Balaban J connectivity index is 2.25. The van der Waals surface area contributed by atoms with Crippen LogP contribution < -0.4 is 5.11 Å². The predicted octanol–water partition coefficient (Wildman–Crippen LogP) is 2.02. The van der Waals surface area contributed by atoms with Gasteiger partial charge in [-0.05, 0) is 38.1 Å². The van der Waals surface area contributed by atoms with Gasteiger partial charge >= 0.3 is 0 Å². The summed E-state index contributed by atoms with van der Waals surface area (Å²) in [6, 6.07) is 3.67. The van der Waals surface area contributed by atoms with Crippen LogP contribution >= 0.6 is 0 Å². The van der Waals surface area contributed by atoms with Gasteiger partial charge in [0.05, 0.1) is 5.97 Å². The number of rotatable bonds is 3. The summed E-state index contributed by atoms with van der Waals surface area (Å²) in [6.45, 7) is 3.52. The number of aromatic carboxylic acids is 1. The first-order valence-corrected chi connectivity index (χ1v) is 5.12. The molecular formula is C13H11O4-. The highest BCUT2D eigenvalue weighted by molar-refractivity contribution is 5.88. The van der Waals surface area contributed by atoms with Crippen molar-refractivity contribution in [3.8, 4) is 0 Å².